The zero-order chi connectivity index (χ0) is 15.4. The average molecular weight is 296 g/mol. The van der Waals surface area contributed by atoms with Crippen LogP contribution in [0.4, 0.5) is 0 Å². The molecule has 0 spiro atoms. The number of H-pyrrole nitrogens is 1. The predicted octanol–water partition coefficient (Wildman–Crippen LogP) is 2.47. The number of aromatic nitrogens is 4. The van der Waals surface area contributed by atoms with E-state index in [0.717, 1.165) is 11.4 Å². The molecule has 1 N–H and O–H groups in total. The summed E-state index contributed by atoms with van der Waals surface area (Å²) in [5.74, 6) is 2.27. The monoisotopic (exact) mass is 296 g/mol. The normalized spacial score (nSPS) is 10.5. The van der Waals surface area contributed by atoms with Gasteiger partial charge in [0.2, 0.25) is 11.8 Å². The molecule has 0 radical (unpaired) electrons. The van der Waals surface area contributed by atoms with Gasteiger partial charge in [0.25, 0.3) is 0 Å². The number of hydrogen-bond donors (Lipinski definition) is 1. The molecule has 0 aliphatic rings. The van der Waals surface area contributed by atoms with E-state index in [9.17, 15) is 0 Å². The van der Waals surface area contributed by atoms with E-state index in [4.69, 9.17) is 9.47 Å². The van der Waals surface area contributed by atoms with Crippen molar-refractivity contribution in [2.45, 2.75) is 6.42 Å². The standard InChI is InChI=1S/C16H16N4O2/c1-21-14-9-8-12(16(18-14)22-2)15-17-13(19-20-15)10-11-6-4-3-5-7-11/h3-9H,10H2,1-2H3,(H,17,19,20). The number of pyridine rings is 1. The molecule has 0 fully saturated rings. The minimum Gasteiger partial charge on any atom is -0.481 e. The van der Waals surface area contributed by atoms with Crippen molar-refractivity contribution in [1.82, 2.24) is 20.2 Å². The van der Waals surface area contributed by atoms with E-state index < -0.39 is 0 Å². The van der Waals surface area contributed by atoms with Gasteiger partial charge in [-0.3, -0.25) is 5.10 Å². The van der Waals surface area contributed by atoms with Crippen molar-refractivity contribution in [2.75, 3.05) is 14.2 Å². The minimum absolute atomic E-state index is 0.435. The van der Waals surface area contributed by atoms with E-state index >= 15 is 0 Å². The van der Waals surface area contributed by atoms with Gasteiger partial charge in [-0.2, -0.15) is 10.1 Å². The lowest BCUT2D eigenvalue weighted by molar-refractivity contribution is 0.365. The SMILES string of the molecule is COc1ccc(-c2n[nH]c(Cc3ccccc3)n2)c(OC)n1. The van der Waals surface area contributed by atoms with E-state index in [1.54, 1.807) is 20.3 Å². The number of nitrogens with one attached hydrogen (secondary N) is 1. The number of benzene rings is 1. The number of hydrogen-bond acceptors (Lipinski definition) is 5. The largest absolute Gasteiger partial charge is 0.481 e. The summed E-state index contributed by atoms with van der Waals surface area (Å²) in [6.07, 6.45) is 0.694. The van der Waals surface area contributed by atoms with Gasteiger partial charge in [0.1, 0.15) is 5.82 Å². The Labute approximate surface area is 128 Å². The van der Waals surface area contributed by atoms with Crippen LogP contribution in [0.25, 0.3) is 11.4 Å². The summed E-state index contributed by atoms with van der Waals surface area (Å²) in [6, 6.07) is 13.7. The van der Waals surface area contributed by atoms with Crippen LogP contribution in [-0.2, 0) is 6.42 Å². The van der Waals surface area contributed by atoms with E-state index in [-0.39, 0.29) is 0 Å². The van der Waals surface area contributed by atoms with Crippen molar-refractivity contribution < 1.29 is 9.47 Å². The van der Waals surface area contributed by atoms with E-state index in [0.29, 0.717) is 24.0 Å². The Morgan fingerprint density at radius 3 is 2.50 bits per heavy atom. The van der Waals surface area contributed by atoms with Gasteiger partial charge in [-0.15, -0.1) is 0 Å². The highest BCUT2D eigenvalue weighted by atomic mass is 16.5. The summed E-state index contributed by atoms with van der Waals surface area (Å²) in [4.78, 5) is 8.75. The molecule has 0 aliphatic heterocycles. The van der Waals surface area contributed by atoms with Crippen LogP contribution in [0.15, 0.2) is 42.5 Å². The zero-order valence-electron chi connectivity index (χ0n) is 12.4. The number of ether oxygens (including phenoxy) is 2. The lowest BCUT2D eigenvalue weighted by Gasteiger charge is -2.06. The van der Waals surface area contributed by atoms with Crippen LogP contribution in [0.5, 0.6) is 11.8 Å². The molecule has 0 bridgehead atoms. The van der Waals surface area contributed by atoms with E-state index in [1.807, 2.05) is 24.3 Å². The molecule has 3 rings (SSSR count). The number of aromatic amines is 1. The fraction of sp³-hybridized carbons (Fsp3) is 0.188. The van der Waals surface area contributed by atoms with Crippen molar-refractivity contribution >= 4 is 0 Å². The Morgan fingerprint density at radius 1 is 0.955 bits per heavy atom. The number of nitrogens with zero attached hydrogens (tertiary/aromatic N) is 3. The molecule has 0 amide bonds. The third-order valence-electron chi connectivity index (χ3n) is 3.22. The second-order valence-electron chi connectivity index (χ2n) is 4.68. The molecule has 2 heterocycles. The van der Waals surface area contributed by atoms with Crippen molar-refractivity contribution in [1.29, 1.82) is 0 Å². The molecule has 2 aromatic heterocycles. The quantitative estimate of drug-likeness (QED) is 0.783. The van der Waals surface area contributed by atoms with Gasteiger partial charge in [-0.25, -0.2) is 4.98 Å². The van der Waals surface area contributed by atoms with Gasteiger partial charge in [-0.1, -0.05) is 30.3 Å². The first-order valence-corrected chi connectivity index (χ1v) is 6.84. The van der Waals surface area contributed by atoms with Crippen LogP contribution in [0, 0.1) is 0 Å². The molecule has 6 heteroatoms. The van der Waals surface area contributed by atoms with Crippen molar-refractivity contribution in [3.63, 3.8) is 0 Å². The molecular weight excluding hydrogens is 280 g/mol. The summed E-state index contributed by atoms with van der Waals surface area (Å²) in [5.41, 5.74) is 1.89. The first kappa shape index (κ1) is 14.1. The molecule has 0 aliphatic carbocycles. The summed E-state index contributed by atoms with van der Waals surface area (Å²) < 4.78 is 10.4. The lowest BCUT2D eigenvalue weighted by atomic mass is 10.1. The summed E-state index contributed by atoms with van der Waals surface area (Å²) in [5, 5.41) is 7.21. The minimum atomic E-state index is 0.435. The van der Waals surface area contributed by atoms with Crippen LogP contribution < -0.4 is 9.47 Å². The molecule has 0 saturated heterocycles. The number of methoxy groups -OCH3 is 2. The second-order valence-corrected chi connectivity index (χ2v) is 4.68. The fourth-order valence-corrected chi connectivity index (χ4v) is 2.15. The summed E-state index contributed by atoms with van der Waals surface area (Å²) in [7, 11) is 3.12. The molecule has 112 valence electrons. The van der Waals surface area contributed by atoms with Crippen molar-refractivity contribution in [3.8, 4) is 23.1 Å². The maximum atomic E-state index is 5.28. The summed E-state index contributed by atoms with van der Waals surface area (Å²) in [6.45, 7) is 0. The molecule has 1 aromatic carbocycles. The third-order valence-corrected chi connectivity index (χ3v) is 3.22. The van der Waals surface area contributed by atoms with Crippen molar-refractivity contribution in [2.24, 2.45) is 0 Å². The Hall–Kier alpha value is -2.89. The maximum Gasteiger partial charge on any atom is 0.227 e. The fourth-order valence-electron chi connectivity index (χ4n) is 2.15. The van der Waals surface area contributed by atoms with Gasteiger partial charge in [-0.05, 0) is 11.6 Å². The van der Waals surface area contributed by atoms with E-state index in [1.165, 1.54) is 5.56 Å². The molecule has 22 heavy (non-hydrogen) atoms. The van der Waals surface area contributed by atoms with Crippen LogP contribution in [-0.4, -0.2) is 34.4 Å². The van der Waals surface area contributed by atoms with Gasteiger partial charge in [0.15, 0.2) is 5.82 Å². The van der Waals surface area contributed by atoms with Crippen LogP contribution >= 0.6 is 0 Å². The third kappa shape index (κ3) is 2.90. The predicted molar refractivity (Wildman–Crippen MR) is 82.0 cm³/mol. The molecule has 0 saturated carbocycles. The number of rotatable bonds is 5. The highest BCUT2D eigenvalue weighted by Crippen LogP contribution is 2.27. The molecule has 3 aromatic rings. The average Bonchev–Trinajstić information content (AvgIpc) is 3.03. The molecular formula is C16H16N4O2. The molecule has 0 atom stereocenters. The first-order chi connectivity index (χ1) is 10.8. The summed E-state index contributed by atoms with van der Waals surface area (Å²) >= 11 is 0. The Bertz CT molecular complexity index is 756. The highest BCUT2D eigenvalue weighted by molar-refractivity contribution is 5.62. The molecule has 0 unspecified atom stereocenters. The second kappa shape index (κ2) is 6.26. The van der Waals surface area contributed by atoms with Crippen LogP contribution in [0.3, 0.4) is 0 Å². The first-order valence-electron chi connectivity index (χ1n) is 6.84. The van der Waals surface area contributed by atoms with Crippen molar-refractivity contribution in [3.05, 3.63) is 53.9 Å². The van der Waals surface area contributed by atoms with Gasteiger partial charge >= 0.3 is 0 Å². The topological polar surface area (TPSA) is 72.9 Å². The Balaban J connectivity index is 1.87. The maximum absolute atomic E-state index is 5.28. The van der Waals surface area contributed by atoms with Gasteiger partial charge in [0, 0.05) is 12.5 Å². The zero-order valence-corrected chi connectivity index (χ0v) is 12.4. The molecule has 6 nitrogen and oxygen atoms in total. The Morgan fingerprint density at radius 2 is 1.77 bits per heavy atom. The van der Waals surface area contributed by atoms with Gasteiger partial charge < -0.3 is 9.47 Å². The smallest absolute Gasteiger partial charge is 0.227 e. The Kier molecular flexibility index (Phi) is 4.00. The van der Waals surface area contributed by atoms with Crippen LogP contribution in [0.2, 0.25) is 0 Å². The lowest BCUT2D eigenvalue weighted by Crippen LogP contribution is -1.96. The van der Waals surface area contributed by atoms with Crippen LogP contribution in [0.1, 0.15) is 11.4 Å². The van der Waals surface area contributed by atoms with E-state index in [2.05, 4.69) is 32.3 Å². The van der Waals surface area contributed by atoms with Gasteiger partial charge in [0.05, 0.1) is 19.8 Å². The highest BCUT2D eigenvalue weighted by Gasteiger charge is 2.14.